The highest BCUT2D eigenvalue weighted by molar-refractivity contribution is 7.09. The number of thiophene rings is 1. The number of aliphatic hydroxyl groups excluding tert-OH is 1. The summed E-state index contributed by atoms with van der Waals surface area (Å²) in [5.74, 6) is 0.0296. The highest BCUT2D eigenvalue weighted by Crippen LogP contribution is 2.10. The van der Waals surface area contributed by atoms with E-state index in [9.17, 15) is 9.90 Å². The molecule has 0 aromatic carbocycles. The Morgan fingerprint density at radius 1 is 1.41 bits per heavy atom. The van der Waals surface area contributed by atoms with Crippen molar-refractivity contribution in [2.75, 3.05) is 53.0 Å². The summed E-state index contributed by atoms with van der Waals surface area (Å²) in [7, 11) is 1.53. The third-order valence-corrected chi connectivity index (χ3v) is 4.45. The molecule has 6 nitrogen and oxygen atoms in total. The van der Waals surface area contributed by atoms with E-state index < -0.39 is 6.10 Å². The first-order valence-electron chi connectivity index (χ1n) is 7.46. The monoisotopic (exact) mass is 328 g/mol. The van der Waals surface area contributed by atoms with E-state index in [0.29, 0.717) is 32.8 Å². The largest absolute Gasteiger partial charge is 0.389 e. The van der Waals surface area contributed by atoms with E-state index in [0.717, 1.165) is 18.0 Å². The van der Waals surface area contributed by atoms with Gasteiger partial charge in [0.25, 0.3) is 0 Å². The summed E-state index contributed by atoms with van der Waals surface area (Å²) in [6.07, 6.45) is -0.499. The van der Waals surface area contributed by atoms with Crippen LogP contribution in [0.1, 0.15) is 4.88 Å². The van der Waals surface area contributed by atoms with E-state index in [2.05, 4.69) is 4.90 Å². The van der Waals surface area contributed by atoms with E-state index >= 15 is 0 Å². The Kier molecular flexibility index (Phi) is 7.28. The van der Waals surface area contributed by atoms with Crippen molar-refractivity contribution in [3.63, 3.8) is 0 Å². The normalized spacial score (nSPS) is 17.6. The number of hydrogen-bond donors (Lipinski definition) is 1. The summed E-state index contributed by atoms with van der Waals surface area (Å²) in [5.41, 5.74) is 0. The molecule has 1 unspecified atom stereocenters. The maximum atomic E-state index is 11.7. The number of carbonyl (C=O) groups is 1. The molecule has 1 aromatic rings. The average molecular weight is 328 g/mol. The quantitative estimate of drug-likeness (QED) is 0.749. The fourth-order valence-corrected chi connectivity index (χ4v) is 3.08. The van der Waals surface area contributed by atoms with Crippen LogP contribution in [0.25, 0.3) is 0 Å². The van der Waals surface area contributed by atoms with Crippen molar-refractivity contribution in [1.29, 1.82) is 0 Å². The number of carbonyl (C=O) groups excluding carboxylic acids is 1. The Labute approximate surface area is 135 Å². The van der Waals surface area contributed by atoms with Crippen LogP contribution in [-0.2, 0) is 20.9 Å². The van der Waals surface area contributed by atoms with Crippen LogP contribution >= 0.6 is 11.3 Å². The van der Waals surface area contributed by atoms with Crippen LogP contribution in [0.3, 0.4) is 0 Å². The van der Waals surface area contributed by atoms with Crippen molar-refractivity contribution >= 4 is 17.2 Å². The second-order valence-corrected chi connectivity index (χ2v) is 6.39. The van der Waals surface area contributed by atoms with Gasteiger partial charge in [-0.3, -0.25) is 9.69 Å². The van der Waals surface area contributed by atoms with E-state index in [1.54, 1.807) is 16.2 Å². The van der Waals surface area contributed by atoms with Gasteiger partial charge in [0.15, 0.2) is 0 Å². The molecule has 1 aliphatic rings. The van der Waals surface area contributed by atoms with Gasteiger partial charge in [0.05, 0.1) is 19.3 Å². The lowest BCUT2D eigenvalue weighted by Gasteiger charge is -2.35. The van der Waals surface area contributed by atoms with Crippen molar-refractivity contribution in [1.82, 2.24) is 9.80 Å². The zero-order valence-electron chi connectivity index (χ0n) is 12.9. The lowest BCUT2D eigenvalue weighted by atomic mass is 10.2. The van der Waals surface area contributed by atoms with Crippen molar-refractivity contribution in [3.8, 4) is 0 Å². The SMILES string of the molecule is COCC(=O)N1CCN(CC(O)COCc2cccs2)CC1. The minimum atomic E-state index is -0.499. The van der Waals surface area contributed by atoms with Gasteiger partial charge in [-0.25, -0.2) is 0 Å². The second-order valence-electron chi connectivity index (χ2n) is 5.36. The molecule has 0 radical (unpaired) electrons. The smallest absolute Gasteiger partial charge is 0.248 e. The zero-order chi connectivity index (χ0) is 15.8. The van der Waals surface area contributed by atoms with Gasteiger partial charge in [-0.2, -0.15) is 0 Å². The maximum Gasteiger partial charge on any atom is 0.248 e. The van der Waals surface area contributed by atoms with E-state index in [-0.39, 0.29) is 12.5 Å². The molecule has 1 aromatic heterocycles. The maximum absolute atomic E-state index is 11.7. The predicted octanol–water partition coefficient (Wildman–Crippen LogP) is 0.416. The molecule has 1 saturated heterocycles. The first-order chi connectivity index (χ1) is 10.7. The van der Waals surface area contributed by atoms with Crippen LogP contribution in [0, 0.1) is 0 Å². The molecule has 1 amide bonds. The molecular formula is C15H24N2O4S. The zero-order valence-corrected chi connectivity index (χ0v) is 13.8. The van der Waals surface area contributed by atoms with Crippen LogP contribution in [0.4, 0.5) is 0 Å². The Balaban J connectivity index is 1.60. The first kappa shape index (κ1) is 17.4. The van der Waals surface area contributed by atoms with Crippen LogP contribution in [0.15, 0.2) is 17.5 Å². The minimum Gasteiger partial charge on any atom is -0.389 e. The Morgan fingerprint density at radius 2 is 2.18 bits per heavy atom. The number of hydrogen-bond acceptors (Lipinski definition) is 6. The Morgan fingerprint density at radius 3 is 2.82 bits per heavy atom. The number of methoxy groups -OCH3 is 1. The average Bonchev–Trinajstić information content (AvgIpc) is 3.01. The van der Waals surface area contributed by atoms with Crippen molar-refractivity contribution in [3.05, 3.63) is 22.4 Å². The predicted molar refractivity (Wildman–Crippen MR) is 84.9 cm³/mol. The van der Waals surface area contributed by atoms with E-state index in [1.807, 2.05) is 17.5 Å². The summed E-state index contributed by atoms with van der Waals surface area (Å²) >= 11 is 1.65. The molecule has 0 spiro atoms. The summed E-state index contributed by atoms with van der Waals surface area (Å²) in [6.45, 7) is 4.52. The molecular weight excluding hydrogens is 304 g/mol. The molecule has 0 bridgehead atoms. The van der Waals surface area contributed by atoms with Gasteiger partial charge in [0.1, 0.15) is 6.61 Å². The number of rotatable bonds is 8. The summed E-state index contributed by atoms with van der Waals surface area (Å²) in [5, 5.41) is 12.0. The third kappa shape index (κ3) is 5.66. The van der Waals surface area contributed by atoms with Crippen LogP contribution in [-0.4, -0.2) is 80.0 Å². The molecule has 7 heteroatoms. The molecule has 1 atom stereocenters. The van der Waals surface area contributed by atoms with E-state index in [1.165, 1.54) is 7.11 Å². The third-order valence-electron chi connectivity index (χ3n) is 3.60. The first-order valence-corrected chi connectivity index (χ1v) is 8.34. The number of aliphatic hydroxyl groups is 1. The van der Waals surface area contributed by atoms with Crippen LogP contribution < -0.4 is 0 Å². The molecule has 2 heterocycles. The van der Waals surface area contributed by atoms with Crippen LogP contribution in [0.5, 0.6) is 0 Å². The summed E-state index contributed by atoms with van der Waals surface area (Å²) < 4.78 is 10.4. The Hall–Kier alpha value is -0.990. The topological polar surface area (TPSA) is 62.2 Å². The standard InChI is InChI=1S/C15H24N2O4S/c1-20-12-15(19)17-6-4-16(5-7-17)9-13(18)10-21-11-14-3-2-8-22-14/h2-3,8,13,18H,4-7,9-12H2,1H3. The molecule has 1 aliphatic heterocycles. The van der Waals surface area contributed by atoms with Crippen molar-refractivity contribution < 1.29 is 19.4 Å². The fourth-order valence-electron chi connectivity index (χ4n) is 2.44. The second kappa shape index (κ2) is 9.22. The van der Waals surface area contributed by atoms with Gasteiger partial charge in [-0.15, -0.1) is 11.3 Å². The molecule has 0 saturated carbocycles. The van der Waals surface area contributed by atoms with Gasteiger partial charge in [-0.05, 0) is 11.4 Å². The summed E-state index contributed by atoms with van der Waals surface area (Å²) in [4.78, 5) is 16.8. The van der Waals surface area contributed by atoms with Gasteiger partial charge in [0.2, 0.25) is 5.91 Å². The van der Waals surface area contributed by atoms with Gasteiger partial charge in [0, 0.05) is 44.7 Å². The Bertz CT molecular complexity index is 433. The number of piperazine rings is 1. The van der Waals surface area contributed by atoms with Crippen molar-refractivity contribution in [2.24, 2.45) is 0 Å². The fraction of sp³-hybridized carbons (Fsp3) is 0.667. The lowest BCUT2D eigenvalue weighted by Crippen LogP contribution is -2.51. The van der Waals surface area contributed by atoms with Gasteiger partial charge in [-0.1, -0.05) is 6.07 Å². The molecule has 22 heavy (non-hydrogen) atoms. The molecule has 1 N–H and O–H groups in total. The number of β-amino-alcohol motifs (C(OH)–C–C–N with tert-alkyl or cyclic N) is 1. The highest BCUT2D eigenvalue weighted by Gasteiger charge is 2.22. The van der Waals surface area contributed by atoms with Crippen LogP contribution in [0.2, 0.25) is 0 Å². The molecule has 0 aliphatic carbocycles. The van der Waals surface area contributed by atoms with E-state index in [4.69, 9.17) is 9.47 Å². The minimum absolute atomic E-state index is 0.0296. The number of nitrogens with zero attached hydrogens (tertiary/aromatic N) is 2. The van der Waals surface area contributed by atoms with Gasteiger partial charge >= 0.3 is 0 Å². The number of ether oxygens (including phenoxy) is 2. The number of amides is 1. The molecule has 1 fully saturated rings. The molecule has 2 rings (SSSR count). The lowest BCUT2D eigenvalue weighted by molar-refractivity contribution is -0.137. The molecule has 124 valence electrons. The highest BCUT2D eigenvalue weighted by atomic mass is 32.1. The summed E-state index contributed by atoms with van der Waals surface area (Å²) in [6, 6.07) is 4.01. The van der Waals surface area contributed by atoms with Crippen molar-refractivity contribution in [2.45, 2.75) is 12.7 Å². The van der Waals surface area contributed by atoms with Gasteiger partial charge < -0.3 is 19.5 Å².